The molecule has 4 rings (SSSR count). The molecule has 1 atom stereocenters. The van der Waals surface area contributed by atoms with Gasteiger partial charge in [-0.25, -0.2) is 0 Å². The second kappa shape index (κ2) is 10.4. The SMILES string of the molecule is Cc1ccc(S(=O)(=O)OCC(C)(CC(=O)c2cc(OCC(F)(F)F)c(C3CC3)cn2)c2noc(C)n2)cc1. The molecule has 0 radical (unpaired) electrons. The average Bonchev–Trinajstić information content (AvgIpc) is 3.60. The second-order valence-corrected chi connectivity index (χ2v) is 11.2. The molecule has 2 heterocycles. The van der Waals surface area contributed by atoms with Crippen LogP contribution in [-0.4, -0.2) is 48.7 Å². The van der Waals surface area contributed by atoms with E-state index in [1.54, 1.807) is 12.1 Å². The van der Waals surface area contributed by atoms with E-state index in [1.807, 2.05) is 6.92 Å². The Morgan fingerprint density at radius 1 is 1.13 bits per heavy atom. The van der Waals surface area contributed by atoms with Gasteiger partial charge in [0.2, 0.25) is 5.89 Å². The zero-order chi connectivity index (χ0) is 27.7. The number of alkyl halides is 3. The molecule has 3 aromatic rings. The number of rotatable bonds is 11. The van der Waals surface area contributed by atoms with Crippen molar-refractivity contribution in [3.8, 4) is 5.75 Å². The number of halogens is 3. The minimum atomic E-state index is -4.55. The van der Waals surface area contributed by atoms with Crippen molar-refractivity contribution < 1.29 is 39.8 Å². The molecule has 1 aliphatic rings. The summed E-state index contributed by atoms with van der Waals surface area (Å²) in [5.74, 6) is -0.396. The predicted octanol–water partition coefficient (Wildman–Crippen LogP) is 4.84. The van der Waals surface area contributed by atoms with Gasteiger partial charge in [-0.3, -0.25) is 14.0 Å². The molecule has 0 bridgehead atoms. The summed E-state index contributed by atoms with van der Waals surface area (Å²) in [5, 5.41) is 3.86. The molecule has 1 aromatic carbocycles. The lowest BCUT2D eigenvalue weighted by Crippen LogP contribution is -2.34. The van der Waals surface area contributed by atoms with Crippen LogP contribution < -0.4 is 4.74 Å². The number of aromatic nitrogens is 3. The molecule has 204 valence electrons. The van der Waals surface area contributed by atoms with Crippen LogP contribution in [0.5, 0.6) is 5.75 Å². The summed E-state index contributed by atoms with van der Waals surface area (Å²) < 4.78 is 79.3. The number of aryl methyl sites for hydroxylation is 2. The van der Waals surface area contributed by atoms with Crippen molar-refractivity contribution in [2.75, 3.05) is 13.2 Å². The van der Waals surface area contributed by atoms with Gasteiger partial charge >= 0.3 is 6.18 Å². The van der Waals surface area contributed by atoms with Gasteiger partial charge in [0.05, 0.1) is 16.9 Å². The fourth-order valence-corrected chi connectivity index (χ4v) is 4.77. The van der Waals surface area contributed by atoms with Crippen LogP contribution in [-0.2, 0) is 19.7 Å². The van der Waals surface area contributed by atoms with Crippen LogP contribution in [0.4, 0.5) is 13.2 Å². The molecule has 13 heteroatoms. The number of Topliss-reactive ketones (excluding diaryl/α,β-unsaturated/α-hetero) is 1. The number of ketones is 1. The number of nitrogens with zero attached hydrogens (tertiary/aromatic N) is 3. The first-order chi connectivity index (χ1) is 17.8. The van der Waals surface area contributed by atoms with E-state index in [4.69, 9.17) is 13.4 Å². The third-order valence-corrected chi connectivity index (χ3v) is 7.33. The molecular formula is C25H26F3N3O6S. The first-order valence-electron chi connectivity index (χ1n) is 11.8. The fourth-order valence-electron chi connectivity index (χ4n) is 3.75. The first-order valence-corrected chi connectivity index (χ1v) is 13.2. The fraction of sp³-hybridized carbons (Fsp3) is 0.440. The highest BCUT2D eigenvalue weighted by atomic mass is 32.2. The van der Waals surface area contributed by atoms with E-state index in [1.165, 1.54) is 38.2 Å². The standard InChI is InChI=1S/C25H26F3N3O6S/c1-15-4-8-18(9-5-15)38(33,34)36-13-24(3,23-30-16(2)37-31-23)11-21(32)20-10-22(35-14-25(26,27)28)19(12-29-20)17-6-7-17/h4-5,8-10,12,17H,6-7,11,13-14H2,1-3H3. The van der Waals surface area contributed by atoms with E-state index < -0.39 is 40.7 Å². The van der Waals surface area contributed by atoms with E-state index >= 15 is 0 Å². The topological polar surface area (TPSA) is 121 Å². The molecule has 0 amide bonds. The lowest BCUT2D eigenvalue weighted by Gasteiger charge is -2.25. The highest BCUT2D eigenvalue weighted by Crippen LogP contribution is 2.44. The Balaban J connectivity index is 1.58. The minimum absolute atomic E-state index is 0.0304. The van der Waals surface area contributed by atoms with Crippen molar-refractivity contribution in [1.29, 1.82) is 0 Å². The maximum atomic E-state index is 13.3. The normalized spacial score (nSPS) is 15.7. The number of carbonyl (C=O) groups excluding carboxylic acids is 1. The van der Waals surface area contributed by atoms with Crippen molar-refractivity contribution in [3.05, 3.63) is 65.1 Å². The average molecular weight is 554 g/mol. The van der Waals surface area contributed by atoms with Gasteiger partial charge in [0, 0.05) is 31.2 Å². The van der Waals surface area contributed by atoms with E-state index in [0.29, 0.717) is 5.56 Å². The predicted molar refractivity (Wildman–Crippen MR) is 127 cm³/mol. The third-order valence-electron chi connectivity index (χ3n) is 6.05. The quantitative estimate of drug-likeness (QED) is 0.243. The van der Waals surface area contributed by atoms with Gasteiger partial charge in [0.25, 0.3) is 10.1 Å². The Bertz CT molecular complexity index is 1420. The van der Waals surface area contributed by atoms with E-state index in [2.05, 4.69) is 15.1 Å². The number of hydrogen-bond donors (Lipinski definition) is 0. The Hall–Kier alpha value is -3.32. The number of ether oxygens (including phenoxy) is 1. The van der Waals surface area contributed by atoms with Crippen LogP contribution in [0.2, 0.25) is 0 Å². The first kappa shape index (κ1) is 27.7. The zero-order valence-electron chi connectivity index (χ0n) is 20.9. The Labute approximate surface area is 217 Å². The van der Waals surface area contributed by atoms with Crippen LogP contribution >= 0.6 is 0 Å². The second-order valence-electron chi connectivity index (χ2n) is 9.61. The number of pyridine rings is 1. The molecule has 38 heavy (non-hydrogen) atoms. The molecule has 1 fully saturated rings. The molecule has 2 aromatic heterocycles. The molecule has 1 aliphatic carbocycles. The molecular weight excluding hydrogens is 527 g/mol. The summed E-state index contributed by atoms with van der Waals surface area (Å²) in [6, 6.07) is 7.24. The van der Waals surface area contributed by atoms with Gasteiger partial charge in [-0.05, 0) is 44.7 Å². The van der Waals surface area contributed by atoms with Gasteiger partial charge in [-0.2, -0.15) is 26.6 Å². The van der Waals surface area contributed by atoms with Gasteiger partial charge in [0.15, 0.2) is 18.2 Å². The summed E-state index contributed by atoms with van der Waals surface area (Å²) in [5.41, 5.74) is -0.147. The summed E-state index contributed by atoms with van der Waals surface area (Å²) in [4.78, 5) is 21.5. The smallest absolute Gasteiger partial charge is 0.422 e. The molecule has 1 saturated carbocycles. The zero-order valence-corrected chi connectivity index (χ0v) is 21.7. The van der Waals surface area contributed by atoms with Crippen LogP contribution in [0.25, 0.3) is 0 Å². The highest BCUT2D eigenvalue weighted by molar-refractivity contribution is 7.86. The van der Waals surface area contributed by atoms with Crippen LogP contribution in [0, 0.1) is 13.8 Å². The monoisotopic (exact) mass is 553 g/mol. The summed E-state index contributed by atoms with van der Waals surface area (Å²) >= 11 is 0. The van der Waals surface area contributed by atoms with Gasteiger partial charge in [0.1, 0.15) is 11.4 Å². The summed E-state index contributed by atoms with van der Waals surface area (Å²) in [6.07, 6.45) is -1.99. The Kier molecular flexibility index (Phi) is 7.62. The largest absolute Gasteiger partial charge is 0.484 e. The van der Waals surface area contributed by atoms with Crippen LogP contribution in [0.1, 0.15) is 65.4 Å². The number of hydrogen-bond acceptors (Lipinski definition) is 9. The molecule has 0 spiro atoms. The number of benzene rings is 1. The van der Waals surface area contributed by atoms with Gasteiger partial charge in [-0.15, -0.1) is 0 Å². The lowest BCUT2D eigenvalue weighted by atomic mass is 9.84. The van der Waals surface area contributed by atoms with Crippen molar-refractivity contribution in [2.45, 2.75) is 62.4 Å². The Morgan fingerprint density at radius 2 is 1.82 bits per heavy atom. The number of carbonyl (C=O) groups is 1. The lowest BCUT2D eigenvalue weighted by molar-refractivity contribution is -0.153. The van der Waals surface area contributed by atoms with Crippen molar-refractivity contribution in [1.82, 2.24) is 15.1 Å². The van der Waals surface area contributed by atoms with E-state index in [-0.39, 0.29) is 40.4 Å². The van der Waals surface area contributed by atoms with Gasteiger partial charge in [-0.1, -0.05) is 22.9 Å². The molecule has 0 N–H and O–H groups in total. The highest BCUT2D eigenvalue weighted by Gasteiger charge is 2.38. The molecule has 0 saturated heterocycles. The molecule has 0 aliphatic heterocycles. The molecule has 9 nitrogen and oxygen atoms in total. The molecule has 1 unspecified atom stereocenters. The Morgan fingerprint density at radius 3 is 2.39 bits per heavy atom. The van der Waals surface area contributed by atoms with Crippen molar-refractivity contribution in [3.63, 3.8) is 0 Å². The van der Waals surface area contributed by atoms with Crippen molar-refractivity contribution in [2.24, 2.45) is 0 Å². The summed E-state index contributed by atoms with van der Waals surface area (Å²) in [6.45, 7) is 2.86. The van der Waals surface area contributed by atoms with Crippen LogP contribution in [0.15, 0.2) is 45.9 Å². The summed E-state index contributed by atoms with van der Waals surface area (Å²) in [7, 11) is -4.19. The third kappa shape index (κ3) is 6.76. The van der Waals surface area contributed by atoms with E-state index in [9.17, 15) is 26.4 Å². The van der Waals surface area contributed by atoms with E-state index in [0.717, 1.165) is 18.4 Å². The van der Waals surface area contributed by atoms with Gasteiger partial charge < -0.3 is 9.26 Å². The van der Waals surface area contributed by atoms with Crippen molar-refractivity contribution >= 4 is 15.9 Å². The maximum Gasteiger partial charge on any atom is 0.422 e. The maximum absolute atomic E-state index is 13.3. The minimum Gasteiger partial charge on any atom is -0.484 e. The van der Waals surface area contributed by atoms with Crippen LogP contribution in [0.3, 0.4) is 0 Å².